The first-order valence-corrected chi connectivity index (χ1v) is 8.42. The summed E-state index contributed by atoms with van der Waals surface area (Å²) in [5.41, 5.74) is 1.45. The molecular weight excluding hydrogens is 379 g/mol. The molecule has 0 spiro atoms. The Balaban J connectivity index is 1.67. The van der Waals surface area contributed by atoms with Crippen LogP contribution < -0.4 is 14.8 Å². The average Bonchev–Trinajstić information content (AvgIpc) is 3.16. The molecule has 0 aliphatic carbocycles. The van der Waals surface area contributed by atoms with Gasteiger partial charge in [-0.25, -0.2) is 9.67 Å². The quantitative estimate of drug-likeness (QED) is 0.738. The van der Waals surface area contributed by atoms with Crippen LogP contribution in [0.2, 0.25) is 10.0 Å². The lowest BCUT2D eigenvalue weighted by Gasteiger charge is -2.20. The van der Waals surface area contributed by atoms with Crippen LogP contribution >= 0.6 is 23.2 Å². The van der Waals surface area contributed by atoms with Crippen molar-refractivity contribution in [2.24, 2.45) is 0 Å². The normalized spacial score (nSPS) is 12.7. The highest BCUT2D eigenvalue weighted by atomic mass is 35.5. The summed E-state index contributed by atoms with van der Waals surface area (Å²) in [7, 11) is 0. The lowest BCUT2D eigenvalue weighted by atomic mass is 10.1. The summed E-state index contributed by atoms with van der Waals surface area (Å²) >= 11 is 12.3. The van der Waals surface area contributed by atoms with Gasteiger partial charge in [-0.2, -0.15) is 5.10 Å². The van der Waals surface area contributed by atoms with Gasteiger partial charge in [0.2, 0.25) is 0 Å². The molecule has 2 aromatic carbocycles. The molecule has 0 saturated heterocycles. The lowest BCUT2D eigenvalue weighted by Crippen LogP contribution is -2.18. The van der Waals surface area contributed by atoms with E-state index in [1.54, 1.807) is 24.3 Å². The van der Waals surface area contributed by atoms with Gasteiger partial charge in [-0.1, -0.05) is 23.2 Å². The molecule has 7 nitrogen and oxygen atoms in total. The third-order valence-electron chi connectivity index (χ3n) is 3.73. The van der Waals surface area contributed by atoms with Gasteiger partial charge in [0.1, 0.15) is 25.9 Å². The molecule has 0 bridgehead atoms. The van der Waals surface area contributed by atoms with Gasteiger partial charge in [0.15, 0.2) is 11.5 Å². The third-order valence-corrected chi connectivity index (χ3v) is 4.25. The van der Waals surface area contributed by atoms with E-state index in [4.69, 9.17) is 32.7 Å². The fraction of sp³-hybridized carbons (Fsp3) is 0.118. The van der Waals surface area contributed by atoms with Crippen LogP contribution in [0.5, 0.6) is 11.5 Å². The predicted octanol–water partition coefficient (Wildman–Crippen LogP) is 3.60. The highest BCUT2D eigenvalue weighted by molar-refractivity contribution is 6.33. The molecule has 2 heterocycles. The maximum atomic E-state index is 12.7. The summed E-state index contributed by atoms with van der Waals surface area (Å²) in [6, 6.07) is 8.20. The fourth-order valence-electron chi connectivity index (χ4n) is 2.58. The van der Waals surface area contributed by atoms with Gasteiger partial charge in [-0.05, 0) is 30.3 Å². The van der Waals surface area contributed by atoms with Crippen molar-refractivity contribution in [3.05, 3.63) is 58.6 Å². The van der Waals surface area contributed by atoms with Gasteiger partial charge < -0.3 is 14.8 Å². The zero-order valence-corrected chi connectivity index (χ0v) is 14.8. The number of aromatic nitrogens is 3. The first-order chi connectivity index (χ1) is 12.6. The number of nitrogens with one attached hydrogen (secondary N) is 1. The number of carbonyl (C=O) groups excluding carboxylic acids is 1. The fourth-order valence-corrected chi connectivity index (χ4v) is 3.01. The van der Waals surface area contributed by atoms with Gasteiger partial charge in [-0.3, -0.25) is 4.79 Å². The summed E-state index contributed by atoms with van der Waals surface area (Å²) in [5, 5.41) is 7.70. The van der Waals surface area contributed by atoms with E-state index >= 15 is 0 Å². The number of halogens is 2. The lowest BCUT2D eigenvalue weighted by molar-refractivity contribution is 0.102. The van der Waals surface area contributed by atoms with Gasteiger partial charge in [-0.15, -0.1) is 0 Å². The number of fused-ring (bicyclic) bond motifs is 1. The minimum atomic E-state index is -0.368. The molecule has 3 aromatic rings. The molecule has 0 fully saturated rings. The molecule has 1 aromatic heterocycles. The van der Waals surface area contributed by atoms with Crippen LogP contribution in [0.1, 0.15) is 10.4 Å². The zero-order valence-electron chi connectivity index (χ0n) is 13.3. The smallest absolute Gasteiger partial charge is 0.255 e. The van der Waals surface area contributed by atoms with Crippen molar-refractivity contribution < 1.29 is 14.3 Å². The minimum absolute atomic E-state index is 0.315. The van der Waals surface area contributed by atoms with Crippen molar-refractivity contribution >= 4 is 34.8 Å². The molecule has 0 atom stereocenters. The average molecular weight is 391 g/mol. The summed E-state index contributed by atoms with van der Waals surface area (Å²) in [5.74, 6) is 0.518. The molecule has 0 unspecified atom stereocenters. The number of anilines is 1. The predicted molar refractivity (Wildman–Crippen MR) is 96.8 cm³/mol. The Hall–Kier alpha value is -2.77. The van der Waals surface area contributed by atoms with Crippen molar-refractivity contribution in [2.45, 2.75) is 0 Å². The maximum absolute atomic E-state index is 12.7. The minimum Gasteiger partial charge on any atom is -0.486 e. The number of ether oxygens (including phenoxy) is 2. The molecule has 26 heavy (non-hydrogen) atoms. The number of carbonyl (C=O) groups is 1. The van der Waals surface area contributed by atoms with E-state index in [0.717, 1.165) is 0 Å². The maximum Gasteiger partial charge on any atom is 0.255 e. The number of amides is 1. The van der Waals surface area contributed by atoms with E-state index in [2.05, 4.69) is 15.4 Å². The van der Waals surface area contributed by atoms with Gasteiger partial charge in [0.05, 0.1) is 16.4 Å². The van der Waals surface area contributed by atoms with E-state index < -0.39 is 0 Å². The van der Waals surface area contributed by atoms with Crippen LogP contribution in [0, 0.1) is 0 Å². The van der Waals surface area contributed by atoms with E-state index in [9.17, 15) is 4.79 Å². The Bertz CT molecular complexity index is 976. The first kappa shape index (κ1) is 16.7. The number of nitrogens with zero attached hydrogens (tertiary/aromatic N) is 3. The number of hydrogen-bond acceptors (Lipinski definition) is 5. The Morgan fingerprint density at radius 2 is 2.00 bits per heavy atom. The summed E-state index contributed by atoms with van der Waals surface area (Å²) < 4.78 is 12.5. The van der Waals surface area contributed by atoms with Crippen molar-refractivity contribution in [1.82, 2.24) is 14.8 Å². The Morgan fingerprint density at radius 1 is 1.15 bits per heavy atom. The van der Waals surface area contributed by atoms with Crippen LogP contribution in [-0.2, 0) is 0 Å². The Morgan fingerprint density at radius 3 is 2.81 bits per heavy atom. The molecule has 0 saturated carbocycles. The van der Waals surface area contributed by atoms with Crippen LogP contribution in [0.4, 0.5) is 5.69 Å². The third kappa shape index (κ3) is 3.18. The van der Waals surface area contributed by atoms with Crippen molar-refractivity contribution in [1.29, 1.82) is 0 Å². The molecule has 4 rings (SSSR count). The monoisotopic (exact) mass is 390 g/mol. The van der Waals surface area contributed by atoms with Crippen LogP contribution in [0.25, 0.3) is 5.69 Å². The first-order valence-electron chi connectivity index (χ1n) is 7.67. The topological polar surface area (TPSA) is 78.3 Å². The highest BCUT2D eigenvalue weighted by Gasteiger charge is 2.20. The van der Waals surface area contributed by atoms with E-state index in [1.165, 1.54) is 23.4 Å². The van der Waals surface area contributed by atoms with E-state index in [0.29, 0.717) is 51.7 Å². The second-order valence-corrected chi connectivity index (χ2v) is 6.28. The Labute approximate surface area is 158 Å². The van der Waals surface area contributed by atoms with Gasteiger partial charge >= 0.3 is 0 Å². The van der Waals surface area contributed by atoms with Crippen molar-refractivity contribution in [3.63, 3.8) is 0 Å². The van der Waals surface area contributed by atoms with E-state index in [1.807, 2.05) is 0 Å². The summed E-state index contributed by atoms with van der Waals surface area (Å²) in [6.45, 7) is 0.821. The molecular formula is C17H12Cl2N4O3. The molecule has 0 radical (unpaired) electrons. The van der Waals surface area contributed by atoms with Crippen molar-refractivity contribution in [3.8, 4) is 17.2 Å². The molecule has 132 valence electrons. The zero-order chi connectivity index (χ0) is 18.1. The van der Waals surface area contributed by atoms with Crippen molar-refractivity contribution in [2.75, 3.05) is 18.5 Å². The molecule has 1 N–H and O–H groups in total. The second kappa shape index (κ2) is 6.86. The van der Waals surface area contributed by atoms with Gasteiger partial charge in [0.25, 0.3) is 5.91 Å². The molecule has 1 aliphatic heterocycles. The van der Waals surface area contributed by atoms with E-state index in [-0.39, 0.29) is 5.91 Å². The van der Waals surface area contributed by atoms with Crippen LogP contribution in [0.3, 0.4) is 0 Å². The number of hydrogen-bond donors (Lipinski definition) is 1. The number of benzene rings is 2. The number of rotatable bonds is 3. The van der Waals surface area contributed by atoms with Crippen LogP contribution in [0.15, 0.2) is 43.0 Å². The van der Waals surface area contributed by atoms with Crippen LogP contribution in [-0.4, -0.2) is 33.9 Å². The standard InChI is InChI=1S/C17H12Cl2N4O3/c18-11-1-2-14(23-9-20-8-21-23)13(7-11)22-17(24)10-5-12(19)16-15(6-10)25-3-4-26-16/h1-2,5-9H,3-4H2,(H,22,24). The molecule has 9 heteroatoms. The second-order valence-electron chi connectivity index (χ2n) is 5.44. The van der Waals surface area contributed by atoms with Gasteiger partial charge in [0, 0.05) is 10.6 Å². The summed E-state index contributed by atoms with van der Waals surface area (Å²) in [6.07, 6.45) is 2.93. The molecule has 1 aliphatic rings. The SMILES string of the molecule is O=C(Nc1cc(Cl)ccc1-n1cncn1)c1cc(Cl)c2c(c1)OCCO2. The summed E-state index contributed by atoms with van der Waals surface area (Å²) in [4.78, 5) is 16.6. The highest BCUT2D eigenvalue weighted by Crippen LogP contribution is 2.38. The largest absolute Gasteiger partial charge is 0.486 e. The molecule has 1 amide bonds. The Kier molecular flexibility index (Phi) is 4.40.